The van der Waals surface area contributed by atoms with Crippen molar-refractivity contribution in [3.63, 3.8) is 0 Å². The van der Waals surface area contributed by atoms with Crippen LogP contribution in [0.5, 0.6) is 0 Å². The van der Waals surface area contributed by atoms with Crippen molar-refractivity contribution >= 4 is 119 Å². The Morgan fingerprint density at radius 3 is 1.56 bits per heavy atom. The molecule has 8 aromatic rings. The minimum atomic E-state index is -0.431. The van der Waals surface area contributed by atoms with Gasteiger partial charge in [-0.1, -0.05) is 127 Å². The molecule has 4 aromatic heterocycles. The van der Waals surface area contributed by atoms with E-state index in [0.29, 0.717) is 39.4 Å². The van der Waals surface area contributed by atoms with E-state index in [1.807, 2.05) is 98.1 Å². The number of H-pyrrole nitrogens is 2. The van der Waals surface area contributed by atoms with Crippen LogP contribution < -0.4 is 21.7 Å². The van der Waals surface area contributed by atoms with Crippen LogP contribution in [0.25, 0.3) is 44.3 Å². The maximum Gasteiger partial charge on any atom is 0.248 e. The number of nitrogens with zero attached hydrogens (tertiary/aromatic N) is 7. The average Bonchev–Trinajstić information content (AvgIpc) is 4.07. The molecule has 2 aliphatic heterocycles. The number of nitrogens with one attached hydrogen (secondary N) is 5. The first kappa shape index (κ1) is 64.5. The van der Waals surface area contributed by atoms with E-state index in [-0.39, 0.29) is 33.2 Å². The molecule has 0 spiro atoms. The largest absolute Gasteiger partial charge is 0.399 e. The van der Waals surface area contributed by atoms with Gasteiger partial charge in [0, 0.05) is 126 Å². The zero-order chi connectivity index (χ0) is 54.1. The summed E-state index contributed by atoms with van der Waals surface area (Å²) in [6.45, 7) is 6.60. The van der Waals surface area contributed by atoms with Crippen LogP contribution in [-0.2, 0) is 22.7 Å². The first-order valence-electron chi connectivity index (χ1n) is 25.5. The van der Waals surface area contributed by atoms with Crippen molar-refractivity contribution < 1.29 is 9.59 Å². The number of nitrogen functional groups attached to an aromatic ring is 1. The summed E-state index contributed by atoms with van der Waals surface area (Å²) in [6.07, 6.45) is 17.7. The van der Waals surface area contributed by atoms with Crippen molar-refractivity contribution in [3.8, 4) is 22.5 Å². The molecule has 80 heavy (non-hydrogen) atoms. The minimum Gasteiger partial charge on any atom is -0.399 e. The van der Waals surface area contributed by atoms with Crippen LogP contribution in [-0.4, -0.2) is 120 Å². The molecule has 7 N–H and O–H groups in total. The summed E-state index contributed by atoms with van der Waals surface area (Å²) < 4.78 is 0. The van der Waals surface area contributed by atoms with Gasteiger partial charge in [-0.2, -0.15) is 0 Å². The topological polar surface area (TPSA) is 189 Å². The molecule has 0 atom stereocenters. The minimum absolute atomic E-state index is 0. The number of likely N-dealkylation sites (N-methyl/N-ethyl adjacent to an activating group) is 1. The Hall–Kier alpha value is -6.34. The molecule has 424 valence electrons. The van der Waals surface area contributed by atoms with Gasteiger partial charge in [0.05, 0.1) is 33.8 Å². The van der Waals surface area contributed by atoms with Gasteiger partial charge in [-0.25, -0.2) is 19.9 Å². The van der Waals surface area contributed by atoms with Crippen molar-refractivity contribution in [2.75, 3.05) is 73.8 Å². The van der Waals surface area contributed by atoms with E-state index in [1.54, 1.807) is 24.5 Å². The Labute approximate surface area is 499 Å². The van der Waals surface area contributed by atoms with Crippen molar-refractivity contribution in [2.24, 2.45) is 0 Å². The number of carbonyl (C=O) groups is 2. The van der Waals surface area contributed by atoms with Crippen LogP contribution in [0.15, 0.2) is 146 Å². The molecule has 10 rings (SSSR count). The summed E-state index contributed by atoms with van der Waals surface area (Å²) in [5, 5.41) is 13.5. The van der Waals surface area contributed by atoms with Gasteiger partial charge in [0.2, 0.25) is 23.0 Å². The zero-order valence-electron chi connectivity index (χ0n) is 43.4. The number of likely N-dealkylation sites (tertiary alicyclic amines) is 2. The van der Waals surface area contributed by atoms with Crippen LogP contribution in [0, 0.1) is 0 Å². The highest BCUT2D eigenvalue weighted by Gasteiger charge is 2.23. The number of allylic oxidation sites excluding steroid dienone is 2. The number of nitrogens with two attached hydrogens (primary N) is 1. The predicted octanol–water partition coefficient (Wildman–Crippen LogP) is 13.7. The summed E-state index contributed by atoms with van der Waals surface area (Å²) in [5.74, 6) is 1.12. The molecule has 2 aliphatic rings. The molecule has 0 unspecified atom stereocenters. The fourth-order valence-corrected chi connectivity index (χ4v) is 9.81. The maximum absolute atomic E-state index is 12.1. The van der Waals surface area contributed by atoms with Crippen LogP contribution >= 0.6 is 63.1 Å². The Bertz CT molecular complexity index is 3260. The standard InChI is InChI=1S/C30H34ClN7O.C24H25ClN6.C4H4BrClO.2CH4.ClH/c1-37(2)15-5-8-28(39)34-22-11-9-21(10-12-22)20-38-16-13-23(14-17-38)35-30-33-19-26(31)29(36-30)25-18-32-27-7-4-3-6-24(25)27;25-21-14-28-24(30-23(21)20-13-27-22-4-2-1-3-19(20)22)29-18-9-11-31(12-10-18)15-16-5-7-17(26)8-6-16;5-3-1-2-4(6)7;;;/h3-12,18-19,23,32H,13-17,20H2,1-2H3,(H,34,39)(H,33,35,36);1-8,13-14,18,27H,9-12,15,26H2,(H,28,29,30);1-2H,3H2;2*1H4;1H/b8-5+;;2-1+;;;. The highest BCUT2D eigenvalue weighted by Crippen LogP contribution is 2.34. The first-order valence-corrected chi connectivity index (χ1v) is 27.8. The van der Waals surface area contributed by atoms with E-state index < -0.39 is 5.24 Å². The van der Waals surface area contributed by atoms with Gasteiger partial charge < -0.3 is 36.6 Å². The van der Waals surface area contributed by atoms with E-state index in [1.165, 1.54) is 17.2 Å². The monoisotopic (exact) mass is 1230 g/mol. The van der Waals surface area contributed by atoms with Crippen molar-refractivity contribution in [1.82, 2.24) is 44.6 Å². The van der Waals surface area contributed by atoms with E-state index in [4.69, 9.17) is 50.5 Å². The van der Waals surface area contributed by atoms with Gasteiger partial charge in [0.25, 0.3) is 0 Å². The van der Waals surface area contributed by atoms with E-state index in [2.05, 4.69) is 98.0 Å². The van der Waals surface area contributed by atoms with Gasteiger partial charge in [-0.15, -0.1) is 12.4 Å². The number of aromatic amines is 2. The van der Waals surface area contributed by atoms with Crippen LogP contribution in [0.2, 0.25) is 10.0 Å². The summed E-state index contributed by atoms with van der Waals surface area (Å²) in [7, 11) is 3.94. The van der Waals surface area contributed by atoms with Crippen LogP contribution in [0.3, 0.4) is 0 Å². The molecule has 15 nitrogen and oxygen atoms in total. The smallest absolute Gasteiger partial charge is 0.248 e. The molecule has 0 bridgehead atoms. The van der Waals surface area contributed by atoms with Crippen LogP contribution in [0.4, 0.5) is 23.3 Å². The third kappa shape index (κ3) is 18.9. The summed E-state index contributed by atoms with van der Waals surface area (Å²) in [6, 6.07) is 33.2. The number of hydrogen-bond acceptors (Lipinski definition) is 12. The molecule has 2 saturated heterocycles. The highest BCUT2D eigenvalue weighted by molar-refractivity contribution is 9.09. The molecule has 2 fully saturated rings. The molecule has 0 saturated carbocycles. The number of carbonyl (C=O) groups excluding carboxylic acids is 2. The molecular formula is C60H72BrCl4N13O2. The number of halogens is 5. The summed E-state index contributed by atoms with van der Waals surface area (Å²) in [4.78, 5) is 53.8. The maximum atomic E-state index is 12.1. The lowest BCUT2D eigenvalue weighted by atomic mass is 10.0. The number of para-hydroxylation sites is 2. The Morgan fingerprint density at radius 2 is 1.14 bits per heavy atom. The van der Waals surface area contributed by atoms with Gasteiger partial charge in [0.1, 0.15) is 0 Å². The van der Waals surface area contributed by atoms with Crippen molar-refractivity contribution in [3.05, 3.63) is 167 Å². The number of benzene rings is 4. The van der Waals surface area contributed by atoms with E-state index >= 15 is 0 Å². The second kappa shape index (κ2) is 32.2. The number of hydrogen-bond donors (Lipinski definition) is 6. The second-order valence-electron chi connectivity index (χ2n) is 19.1. The van der Waals surface area contributed by atoms with Gasteiger partial charge in [-0.3, -0.25) is 19.4 Å². The fraction of sp³-hybridized carbons (Fsp3) is 0.300. The first-order chi connectivity index (χ1) is 37.4. The van der Waals surface area contributed by atoms with Crippen molar-refractivity contribution in [2.45, 2.75) is 65.7 Å². The normalized spacial score (nSPS) is 14.1. The van der Waals surface area contributed by atoms with Crippen LogP contribution in [0.1, 0.15) is 51.7 Å². The molecule has 20 heteroatoms. The third-order valence-corrected chi connectivity index (χ3v) is 14.2. The molecular weight excluding hydrogens is 1160 g/mol. The lowest BCUT2D eigenvalue weighted by Crippen LogP contribution is -2.39. The van der Waals surface area contributed by atoms with E-state index in [9.17, 15) is 9.59 Å². The second-order valence-corrected chi connectivity index (χ2v) is 21.0. The molecule has 4 aromatic carbocycles. The zero-order valence-corrected chi connectivity index (χ0v) is 48.1. The quantitative estimate of drug-likeness (QED) is 0.0233. The number of amides is 1. The summed E-state index contributed by atoms with van der Waals surface area (Å²) in [5.41, 5.74) is 15.5. The van der Waals surface area contributed by atoms with Gasteiger partial charge in [-0.05, 0) is 105 Å². The number of rotatable bonds is 16. The lowest BCUT2D eigenvalue weighted by molar-refractivity contribution is -0.112. The fourth-order valence-electron chi connectivity index (χ4n) is 9.15. The third-order valence-electron chi connectivity index (χ3n) is 13.1. The molecule has 6 heterocycles. The SMILES string of the molecule is C.C.CN(C)C/C=C/C(=O)Nc1ccc(CN2CCC(Nc3ncc(Cl)c(-c4c[nH]c5ccccc45)n3)CC2)cc1.Cl.Nc1ccc(CN2CCC(Nc3ncc(Cl)c(-c4c[nH]c5ccccc45)n3)CC2)cc1.O=C(Cl)/C=C/CBr. The molecule has 1 amide bonds. The Morgan fingerprint density at radius 1 is 0.688 bits per heavy atom. The highest BCUT2D eigenvalue weighted by atomic mass is 79.9. The number of anilines is 4. The van der Waals surface area contributed by atoms with Gasteiger partial charge in [0.15, 0.2) is 0 Å². The van der Waals surface area contributed by atoms with Crippen molar-refractivity contribution in [1.29, 1.82) is 0 Å². The van der Waals surface area contributed by atoms with E-state index in [0.717, 1.165) is 127 Å². The number of piperidine rings is 2. The lowest BCUT2D eigenvalue weighted by Gasteiger charge is -2.32. The average molecular weight is 1230 g/mol. The Kier molecular flexibility index (Phi) is 25.9. The predicted molar refractivity (Wildman–Crippen MR) is 341 cm³/mol. The molecule has 0 aliphatic carbocycles. The number of alkyl halides is 1. The Balaban J connectivity index is 0.000000258. The van der Waals surface area contributed by atoms with Gasteiger partial charge >= 0.3 is 0 Å². The molecule has 0 radical (unpaired) electrons. The summed E-state index contributed by atoms with van der Waals surface area (Å²) >= 11 is 20.9. The number of aromatic nitrogens is 6. The number of fused-ring (bicyclic) bond motifs is 2.